The van der Waals surface area contributed by atoms with E-state index >= 15 is 0 Å². The quantitative estimate of drug-likeness (QED) is 0.686. The van der Waals surface area contributed by atoms with Crippen molar-refractivity contribution in [3.63, 3.8) is 0 Å². The molecule has 2 rings (SSSR count). The highest BCUT2D eigenvalue weighted by molar-refractivity contribution is 8.00. The molecule has 1 fully saturated rings. The van der Waals surface area contributed by atoms with Crippen LogP contribution in [0.3, 0.4) is 0 Å². The number of thiophene rings is 1. The summed E-state index contributed by atoms with van der Waals surface area (Å²) in [5, 5.41) is 21.9. The van der Waals surface area contributed by atoms with Crippen LogP contribution in [0.4, 0.5) is 10.7 Å². The molecule has 0 aliphatic carbocycles. The summed E-state index contributed by atoms with van der Waals surface area (Å²) in [6.45, 7) is 6.70. The number of aliphatic hydroxyl groups is 1. The molecule has 1 aliphatic rings. The molecular weight excluding hydrogens is 284 g/mol. The number of aliphatic hydroxyl groups excluding tert-OH is 1. The fraction of sp³-hybridized carbons (Fsp3) is 0.667. The van der Waals surface area contributed by atoms with E-state index in [1.165, 1.54) is 17.4 Å². The highest BCUT2D eigenvalue weighted by Crippen LogP contribution is 2.43. The van der Waals surface area contributed by atoms with Crippen molar-refractivity contribution >= 4 is 33.8 Å². The Morgan fingerprint density at radius 2 is 2.26 bits per heavy atom. The van der Waals surface area contributed by atoms with Crippen molar-refractivity contribution in [2.75, 3.05) is 17.2 Å². The lowest BCUT2D eigenvalue weighted by Gasteiger charge is -2.37. The van der Waals surface area contributed by atoms with Gasteiger partial charge in [0.05, 0.1) is 11.0 Å². The van der Waals surface area contributed by atoms with Crippen LogP contribution in [0.25, 0.3) is 0 Å². The minimum atomic E-state index is -0.663. The van der Waals surface area contributed by atoms with Gasteiger partial charge in [-0.2, -0.15) is 11.8 Å². The fourth-order valence-electron chi connectivity index (χ4n) is 2.15. The summed E-state index contributed by atoms with van der Waals surface area (Å²) < 4.78 is 0. The molecule has 1 N–H and O–H groups in total. The Kier molecular flexibility index (Phi) is 4.37. The SMILES string of the molecule is CC(O)c1cc([N+](=O)[O-])c(N2CCSC(C)C2C)s1. The van der Waals surface area contributed by atoms with E-state index in [0.717, 1.165) is 12.3 Å². The van der Waals surface area contributed by atoms with Crippen molar-refractivity contribution in [1.29, 1.82) is 0 Å². The fourth-order valence-corrected chi connectivity index (χ4v) is 4.43. The van der Waals surface area contributed by atoms with E-state index in [2.05, 4.69) is 18.7 Å². The molecule has 0 saturated carbocycles. The molecule has 1 saturated heterocycles. The second-order valence-electron chi connectivity index (χ2n) is 4.78. The minimum absolute atomic E-state index is 0.117. The van der Waals surface area contributed by atoms with E-state index in [1.807, 2.05) is 11.8 Å². The van der Waals surface area contributed by atoms with Gasteiger partial charge in [-0.25, -0.2) is 0 Å². The number of rotatable bonds is 3. The lowest BCUT2D eigenvalue weighted by Crippen LogP contribution is -2.44. The maximum atomic E-state index is 11.2. The van der Waals surface area contributed by atoms with Gasteiger partial charge in [0, 0.05) is 34.5 Å². The summed E-state index contributed by atoms with van der Waals surface area (Å²) in [5.74, 6) is 0.977. The normalized spacial score (nSPS) is 25.4. The van der Waals surface area contributed by atoms with Gasteiger partial charge in [0.2, 0.25) is 0 Å². The molecule has 19 heavy (non-hydrogen) atoms. The van der Waals surface area contributed by atoms with E-state index in [0.29, 0.717) is 15.1 Å². The largest absolute Gasteiger partial charge is 0.388 e. The van der Waals surface area contributed by atoms with Crippen LogP contribution >= 0.6 is 23.1 Å². The molecule has 0 amide bonds. The molecule has 5 nitrogen and oxygen atoms in total. The van der Waals surface area contributed by atoms with Gasteiger partial charge in [-0.05, 0) is 13.8 Å². The third-order valence-electron chi connectivity index (χ3n) is 3.47. The summed E-state index contributed by atoms with van der Waals surface area (Å²) >= 11 is 3.23. The number of hydrogen-bond donors (Lipinski definition) is 1. The van der Waals surface area contributed by atoms with Crippen LogP contribution < -0.4 is 4.90 Å². The molecule has 1 aromatic rings. The molecule has 0 bridgehead atoms. The van der Waals surface area contributed by atoms with E-state index in [-0.39, 0.29) is 16.7 Å². The predicted octanol–water partition coefficient (Wildman–Crippen LogP) is 3.04. The number of hydrogen-bond acceptors (Lipinski definition) is 6. The smallest absolute Gasteiger partial charge is 0.304 e. The third kappa shape index (κ3) is 2.88. The van der Waals surface area contributed by atoms with E-state index in [4.69, 9.17) is 0 Å². The molecule has 0 radical (unpaired) electrons. The van der Waals surface area contributed by atoms with Crippen LogP contribution in [-0.2, 0) is 0 Å². The van der Waals surface area contributed by atoms with Crippen molar-refractivity contribution in [3.05, 3.63) is 21.1 Å². The van der Waals surface area contributed by atoms with Gasteiger partial charge in [-0.1, -0.05) is 6.92 Å². The standard InChI is InChI=1S/C12H18N2O3S2/c1-7-9(3)18-5-4-13(7)12-10(14(16)17)6-11(19-12)8(2)15/h6-9,15H,4-5H2,1-3H3. The zero-order valence-corrected chi connectivity index (χ0v) is 12.8. The highest BCUT2D eigenvalue weighted by atomic mass is 32.2. The van der Waals surface area contributed by atoms with Crippen molar-refractivity contribution < 1.29 is 10.0 Å². The van der Waals surface area contributed by atoms with Crippen LogP contribution in [0.5, 0.6) is 0 Å². The van der Waals surface area contributed by atoms with E-state index < -0.39 is 6.10 Å². The summed E-state index contributed by atoms with van der Waals surface area (Å²) in [5.41, 5.74) is 0.117. The highest BCUT2D eigenvalue weighted by Gasteiger charge is 2.32. The van der Waals surface area contributed by atoms with Gasteiger partial charge in [0.1, 0.15) is 0 Å². The van der Waals surface area contributed by atoms with Gasteiger partial charge < -0.3 is 10.0 Å². The molecule has 0 spiro atoms. The minimum Gasteiger partial charge on any atom is -0.388 e. The van der Waals surface area contributed by atoms with Gasteiger partial charge in [0.25, 0.3) is 0 Å². The maximum Gasteiger partial charge on any atom is 0.304 e. The van der Waals surface area contributed by atoms with E-state index in [1.54, 1.807) is 6.92 Å². The van der Waals surface area contributed by atoms with Gasteiger partial charge in [-0.15, -0.1) is 11.3 Å². The van der Waals surface area contributed by atoms with Crippen LogP contribution in [0.2, 0.25) is 0 Å². The number of nitro groups is 1. The Balaban J connectivity index is 2.39. The van der Waals surface area contributed by atoms with E-state index in [9.17, 15) is 15.2 Å². The van der Waals surface area contributed by atoms with Gasteiger partial charge in [-0.3, -0.25) is 10.1 Å². The Morgan fingerprint density at radius 1 is 1.58 bits per heavy atom. The molecule has 1 aliphatic heterocycles. The van der Waals surface area contributed by atoms with Crippen molar-refractivity contribution in [2.24, 2.45) is 0 Å². The molecule has 0 aromatic carbocycles. The molecule has 2 heterocycles. The average Bonchev–Trinajstić information content (AvgIpc) is 2.77. The Hall–Kier alpha value is -0.790. The first-order valence-corrected chi connectivity index (χ1v) is 8.12. The number of nitrogens with zero attached hydrogens (tertiary/aromatic N) is 2. The zero-order valence-electron chi connectivity index (χ0n) is 11.2. The number of anilines is 1. The maximum absolute atomic E-state index is 11.2. The molecule has 106 valence electrons. The van der Waals surface area contributed by atoms with Crippen LogP contribution in [0.15, 0.2) is 6.07 Å². The van der Waals surface area contributed by atoms with Gasteiger partial charge in [0.15, 0.2) is 5.00 Å². The second-order valence-corrected chi connectivity index (χ2v) is 7.33. The Labute approximate surface area is 120 Å². The zero-order chi connectivity index (χ0) is 14.2. The van der Waals surface area contributed by atoms with Crippen molar-refractivity contribution in [2.45, 2.75) is 38.2 Å². The predicted molar refractivity (Wildman–Crippen MR) is 80.3 cm³/mol. The first-order chi connectivity index (χ1) is 8.91. The summed E-state index contributed by atoms with van der Waals surface area (Å²) in [6, 6.07) is 1.77. The summed E-state index contributed by atoms with van der Waals surface area (Å²) in [4.78, 5) is 13.6. The van der Waals surface area contributed by atoms with Crippen LogP contribution in [0, 0.1) is 10.1 Å². The lowest BCUT2D eigenvalue weighted by molar-refractivity contribution is -0.383. The first kappa shape index (κ1) is 14.6. The molecule has 3 atom stereocenters. The van der Waals surface area contributed by atoms with Crippen molar-refractivity contribution in [3.8, 4) is 0 Å². The molecule has 7 heteroatoms. The third-order valence-corrected chi connectivity index (χ3v) is 6.14. The molecule has 1 aromatic heterocycles. The topological polar surface area (TPSA) is 66.6 Å². The summed E-state index contributed by atoms with van der Waals surface area (Å²) in [6.07, 6.45) is -0.663. The Morgan fingerprint density at radius 3 is 2.84 bits per heavy atom. The first-order valence-electron chi connectivity index (χ1n) is 6.26. The van der Waals surface area contributed by atoms with Crippen LogP contribution in [-0.4, -0.2) is 33.6 Å². The number of thioether (sulfide) groups is 1. The lowest BCUT2D eigenvalue weighted by atomic mass is 10.2. The van der Waals surface area contributed by atoms with Crippen molar-refractivity contribution in [1.82, 2.24) is 0 Å². The Bertz CT molecular complexity index is 476. The second kappa shape index (κ2) is 5.68. The molecular formula is C12H18N2O3S2. The summed E-state index contributed by atoms with van der Waals surface area (Å²) in [7, 11) is 0. The monoisotopic (exact) mass is 302 g/mol. The van der Waals surface area contributed by atoms with Gasteiger partial charge >= 0.3 is 5.69 Å². The van der Waals surface area contributed by atoms with Crippen LogP contribution in [0.1, 0.15) is 31.8 Å². The average molecular weight is 302 g/mol. The molecule has 3 unspecified atom stereocenters.